The van der Waals surface area contributed by atoms with Gasteiger partial charge in [-0.1, -0.05) is 97.1 Å². The molecule has 196 valence electrons. The molecule has 0 saturated heterocycles. The molecule has 1 aromatic heterocycles. The van der Waals surface area contributed by atoms with Crippen molar-refractivity contribution >= 4 is 49.6 Å². The van der Waals surface area contributed by atoms with Gasteiger partial charge in [-0.2, -0.15) is 0 Å². The zero-order valence-electron chi connectivity index (χ0n) is 22.9. The summed E-state index contributed by atoms with van der Waals surface area (Å²) in [5.74, 6) is 0. The summed E-state index contributed by atoms with van der Waals surface area (Å²) in [5, 5.41) is 5.29. The summed E-state index contributed by atoms with van der Waals surface area (Å²) in [6, 6.07) is 57.1. The van der Waals surface area contributed by atoms with Crippen molar-refractivity contribution in [3.63, 3.8) is 0 Å². The normalized spacial score (nSPS) is 11.8. The van der Waals surface area contributed by atoms with E-state index in [2.05, 4.69) is 167 Å². The molecule has 0 atom stereocenters. The molecule has 0 unspecified atom stereocenters. The van der Waals surface area contributed by atoms with Gasteiger partial charge in [-0.25, -0.2) is 0 Å². The average molecular weight is 535 g/mol. The molecular weight excluding hydrogens is 508 g/mol. The van der Waals surface area contributed by atoms with E-state index in [9.17, 15) is 0 Å². The second-order valence-electron chi connectivity index (χ2n) is 11.0. The van der Waals surface area contributed by atoms with Gasteiger partial charge in [0.15, 0.2) is 0 Å². The zero-order valence-corrected chi connectivity index (χ0v) is 22.9. The Morgan fingerprint density at radius 3 is 1.52 bits per heavy atom. The lowest BCUT2D eigenvalue weighted by Gasteiger charge is -2.25. The smallest absolute Gasteiger partial charge is 0.0547 e. The molecule has 2 nitrogen and oxygen atoms in total. The first-order chi connectivity index (χ1) is 20.9. The lowest BCUT2D eigenvalue weighted by molar-refractivity contribution is 1.17. The number of benzene rings is 7. The number of hydrogen-bond acceptors (Lipinski definition) is 1. The van der Waals surface area contributed by atoms with Gasteiger partial charge in [-0.3, -0.25) is 0 Å². The summed E-state index contributed by atoms with van der Waals surface area (Å²) in [6.07, 6.45) is 0. The Balaban J connectivity index is 1.30. The number of aromatic nitrogens is 1. The molecule has 0 spiro atoms. The van der Waals surface area contributed by atoms with Crippen molar-refractivity contribution in [2.24, 2.45) is 0 Å². The van der Waals surface area contributed by atoms with Gasteiger partial charge < -0.3 is 9.47 Å². The van der Waals surface area contributed by atoms with E-state index in [1.165, 1.54) is 54.8 Å². The van der Waals surface area contributed by atoms with Crippen LogP contribution in [0.1, 0.15) is 0 Å². The molecule has 0 bridgehead atoms. The molecule has 1 heterocycles. The summed E-state index contributed by atoms with van der Waals surface area (Å²) >= 11 is 0. The molecule has 0 fully saturated rings. The quantitative estimate of drug-likeness (QED) is 0.218. The maximum atomic E-state index is 2.44. The van der Waals surface area contributed by atoms with E-state index in [1.807, 2.05) is 0 Å². The molecule has 2 heteroatoms. The van der Waals surface area contributed by atoms with E-state index in [4.69, 9.17) is 0 Å². The SMILES string of the molecule is c1ccc(N(c2ccccc2)c2ccc(-n3c4cccc5c4c4c6c(cccc6ccc43)-c3ccccc3-5)cc2)cc1. The minimum Gasteiger partial charge on any atom is -0.311 e. The number of nitrogens with zero attached hydrogens (tertiary/aromatic N) is 2. The fourth-order valence-corrected chi connectivity index (χ4v) is 6.96. The van der Waals surface area contributed by atoms with Crippen molar-refractivity contribution in [1.29, 1.82) is 0 Å². The van der Waals surface area contributed by atoms with Gasteiger partial charge in [0, 0.05) is 33.5 Å². The molecule has 0 N–H and O–H groups in total. The van der Waals surface area contributed by atoms with E-state index < -0.39 is 0 Å². The lowest BCUT2D eigenvalue weighted by Crippen LogP contribution is -2.09. The molecule has 8 aromatic rings. The van der Waals surface area contributed by atoms with Gasteiger partial charge in [0.05, 0.1) is 11.0 Å². The Morgan fingerprint density at radius 2 is 0.857 bits per heavy atom. The van der Waals surface area contributed by atoms with Crippen LogP contribution in [0.15, 0.2) is 158 Å². The molecule has 9 rings (SSSR count). The average Bonchev–Trinajstić information content (AvgIpc) is 3.34. The fraction of sp³-hybridized carbons (Fsp3) is 0. The highest BCUT2D eigenvalue weighted by Crippen LogP contribution is 2.49. The van der Waals surface area contributed by atoms with Gasteiger partial charge in [-0.15, -0.1) is 0 Å². The van der Waals surface area contributed by atoms with E-state index >= 15 is 0 Å². The highest BCUT2D eigenvalue weighted by atomic mass is 15.1. The summed E-state index contributed by atoms with van der Waals surface area (Å²) in [6.45, 7) is 0. The van der Waals surface area contributed by atoms with Gasteiger partial charge in [0.25, 0.3) is 0 Å². The van der Waals surface area contributed by atoms with Crippen LogP contribution in [0, 0.1) is 0 Å². The van der Waals surface area contributed by atoms with Crippen LogP contribution >= 0.6 is 0 Å². The Bertz CT molecular complexity index is 2240. The minimum absolute atomic E-state index is 1.13. The van der Waals surface area contributed by atoms with Crippen LogP contribution in [0.25, 0.3) is 60.5 Å². The van der Waals surface area contributed by atoms with Gasteiger partial charge in [-0.05, 0) is 93.7 Å². The first-order valence-electron chi connectivity index (χ1n) is 14.5. The van der Waals surface area contributed by atoms with Crippen LogP contribution in [-0.2, 0) is 0 Å². The van der Waals surface area contributed by atoms with Crippen LogP contribution in [0.2, 0.25) is 0 Å². The van der Waals surface area contributed by atoms with Crippen molar-refractivity contribution in [3.8, 4) is 27.9 Å². The van der Waals surface area contributed by atoms with Crippen LogP contribution in [-0.4, -0.2) is 4.57 Å². The fourth-order valence-electron chi connectivity index (χ4n) is 6.96. The van der Waals surface area contributed by atoms with Crippen molar-refractivity contribution in [2.45, 2.75) is 0 Å². The molecule has 0 aliphatic heterocycles. The molecule has 0 radical (unpaired) electrons. The van der Waals surface area contributed by atoms with E-state index in [0.29, 0.717) is 0 Å². The van der Waals surface area contributed by atoms with Crippen molar-refractivity contribution in [3.05, 3.63) is 158 Å². The van der Waals surface area contributed by atoms with E-state index in [1.54, 1.807) is 0 Å². The number of anilines is 3. The van der Waals surface area contributed by atoms with Gasteiger partial charge in [0.1, 0.15) is 0 Å². The monoisotopic (exact) mass is 534 g/mol. The topological polar surface area (TPSA) is 8.17 Å². The van der Waals surface area contributed by atoms with Crippen LogP contribution in [0.3, 0.4) is 0 Å². The molecule has 1 aliphatic rings. The molecule has 0 amide bonds. The van der Waals surface area contributed by atoms with E-state index in [0.717, 1.165) is 22.7 Å². The first kappa shape index (κ1) is 23.1. The summed E-state index contributed by atoms with van der Waals surface area (Å²) in [7, 11) is 0. The van der Waals surface area contributed by atoms with Crippen molar-refractivity contribution in [2.75, 3.05) is 4.90 Å². The predicted octanol–water partition coefficient (Wildman–Crippen LogP) is 11.1. The number of fused-ring (bicyclic) bond motifs is 3. The third-order valence-corrected chi connectivity index (χ3v) is 8.70. The van der Waals surface area contributed by atoms with Gasteiger partial charge >= 0.3 is 0 Å². The first-order valence-corrected chi connectivity index (χ1v) is 14.5. The highest BCUT2D eigenvalue weighted by molar-refractivity contribution is 6.30. The largest absolute Gasteiger partial charge is 0.311 e. The number of hydrogen-bond donors (Lipinski definition) is 0. The predicted molar refractivity (Wildman–Crippen MR) is 177 cm³/mol. The standard InChI is InChI=1S/C40H26N2/c1-3-12-28(13-4-1)41(29-14-5-2-6-15-29)30-22-24-31(25-23-30)42-36-20-10-19-35-33-17-8-7-16-32(33)34-18-9-11-27-21-26-37(42)40(38(27)34)39(35)36/h1-26H. The van der Waals surface area contributed by atoms with Crippen LogP contribution in [0.5, 0.6) is 0 Å². The van der Waals surface area contributed by atoms with Crippen LogP contribution < -0.4 is 4.90 Å². The second kappa shape index (κ2) is 8.95. The zero-order chi connectivity index (χ0) is 27.6. The number of para-hydroxylation sites is 2. The molecule has 1 aliphatic carbocycles. The second-order valence-corrected chi connectivity index (χ2v) is 11.0. The van der Waals surface area contributed by atoms with Crippen molar-refractivity contribution in [1.82, 2.24) is 4.57 Å². The summed E-state index contributed by atoms with van der Waals surface area (Å²) in [4.78, 5) is 2.31. The van der Waals surface area contributed by atoms with Crippen LogP contribution in [0.4, 0.5) is 17.1 Å². The number of rotatable bonds is 4. The third kappa shape index (κ3) is 3.27. The Labute approximate surface area is 244 Å². The summed E-state index contributed by atoms with van der Waals surface area (Å²) < 4.78 is 2.44. The maximum Gasteiger partial charge on any atom is 0.0547 e. The Hall–Kier alpha value is -5.60. The van der Waals surface area contributed by atoms with Crippen molar-refractivity contribution < 1.29 is 0 Å². The third-order valence-electron chi connectivity index (χ3n) is 8.70. The molecular formula is C40H26N2. The maximum absolute atomic E-state index is 2.44. The Kier molecular flexibility index (Phi) is 4.93. The van der Waals surface area contributed by atoms with Gasteiger partial charge in [0.2, 0.25) is 0 Å². The molecule has 7 aromatic carbocycles. The lowest BCUT2D eigenvalue weighted by atomic mass is 9.93. The summed E-state index contributed by atoms with van der Waals surface area (Å²) in [5.41, 5.74) is 12.2. The van der Waals surface area contributed by atoms with E-state index in [-0.39, 0.29) is 0 Å². The molecule has 0 saturated carbocycles. The molecule has 42 heavy (non-hydrogen) atoms. The highest BCUT2D eigenvalue weighted by Gasteiger charge is 2.24. The Morgan fingerprint density at radius 1 is 0.333 bits per heavy atom. The minimum atomic E-state index is 1.13.